The molecular formula is C24H17BrN2O3S. The van der Waals surface area contributed by atoms with Crippen LogP contribution in [0.15, 0.2) is 93.3 Å². The molecule has 4 rings (SSSR count). The Morgan fingerprint density at radius 1 is 1.06 bits per heavy atom. The van der Waals surface area contributed by atoms with E-state index in [1.807, 2.05) is 59.3 Å². The fourth-order valence-electron chi connectivity index (χ4n) is 3.33. The van der Waals surface area contributed by atoms with E-state index in [-0.39, 0.29) is 9.80 Å². The summed E-state index contributed by atoms with van der Waals surface area (Å²) in [4.78, 5) is -0.242. The van der Waals surface area contributed by atoms with Gasteiger partial charge in [0.15, 0.2) is 0 Å². The molecule has 0 aliphatic carbocycles. The second-order valence-corrected chi connectivity index (χ2v) is 9.58. The summed E-state index contributed by atoms with van der Waals surface area (Å²) >= 11 is 3.44. The molecule has 0 spiro atoms. The Hall–Kier alpha value is -3.34. The second-order valence-electron chi connectivity index (χ2n) is 6.75. The highest BCUT2D eigenvalue weighted by molar-refractivity contribution is 9.10. The van der Waals surface area contributed by atoms with Crippen molar-refractivity contribution in [1.82, 2.24) is 4.57 Å². The van der Waals surface area contributed by atoms with Gasteiger partial charge < -0.3 is 9.30 Å². The number of nitriles is 1. The summed E-state index contributed by atoms with van der Waals surface area (Å²) in [5, 5.41) is 10.5. The number of methoxy groups -OCH3 is 1. The van der Waals surface area contributed by atoms with Crippen LogP contribution >= 0.6 is 15.9 Å². The number of hydrogen-bond acceptors (Lipinski definition) is 4. The number of fused-ring (bicyclic) bond motifs is 1. The predicted molar refractivity (Wildman–Crippen MR) is 125 cm³/mol. The van der Waals surface area contributed by atoms with Crippen LogP contribution in [0.3, 0.4) is 0 Å². The van der Waals surface area contributed by atoms with Crippen molar-refractivity contribution in [2.75, 3.05) is 7.11 Å². The van der Waals surface area contributed by atoms with Crippen LogP contribution in [-0.4, -0.2) is 20.1 Å². The number of aromatic nitrogens is 1. The number of rotatable bonds is 5. The molecule has 0 saturated heterocycles. The lowest BCUT2D eigenvalue weighted by Gasteiger charge is -2.06. The minimum atomic E-state index is -3.94. The molecule has 4 aromatic rings. The third kappa shape index (κ3) is 4.00. The number of ether oxygens (including phenoxy) is 1. The summed E-state index contributed by atoms with van der Waals surface area (Å²) in [5.74, 6) is 0.639. The molecule has 154 valence electrons. The summed E-state index contributed by atoms with van der Waals surface area (Å²) in [6.45, 7) is 0. The summed E-state index contributed by atoms with van der Waals surface area (Å²) < 4.78 is 34.3. The number of allylic oxidation sites excluding steroid dienone is 1. The largest absolute Gasteiger partial charge is 0.497 e. The van der Waals surface area contributed by atoms with Gasteiger partial charge in [-0.25, -0.2) is 8.42 Å². The van der Waals surface area contributed by atoms with E-state index in [0.717, 1.165) is 21.1 Å². The van der Waals surface area contributed by atoms with Gasteiger partial charge in [-0.1, -0.05) is 34.1 Å². The van der Waals surface area contributed by atoms with Crippen LogP contribution in [0.25, 0.3) is 22.7 Å². The molecule has 0 fully saturated rings. The number of benzene rings is 3. The molecule has 0 unspecified atom stereocenters. The molecule has 0 aliphatic heterocycles. The molecule has 1 aromatic heterocycles. The molecule has 0 saturated carbocycles. The first-order valence-corrected chi connectivity index (χ1v) is 11.6. The van der Waals surface area contributed by atoms with Crippen molar-refractivity contribution in [3.63, 3.8) is 0 Å². The molecule has 1 heterocycles. The molecule has 0 radical (unpaired) electrons. The number of halogens is 1. The highest BCUT2D eigenvalue weighted by atomic mass is 79.9. The van der Waals surface area contributed by atoms with Crippen LogP contribution in [0, 0.1) is 11.3 Å². The van der Waals surface area contributed by atoms with E-state index in [2.05, 4.69) is 15.9 Å². The molecule has 31 heavy (non-hydrogen) atoms. The van der Waals surface area contributed by atoms with Crippen LogP contribution in [0.2, 0.25) is 0 Å². The molecular weight excluding hydrogens is 476 g/mol. The maximum atomic E-state index is 13.0. The Bertz CT molecular complexity index is 1430. The number of hydrogen-bond donors (Lipinski definition) is 0. The maximum Gasteiger partial charge on any atom is 0.216 e. The van der Waals surface area contributed by atoms with Gasteiger partial charge in [-0.2, -0.15) is 5.26 Å². The Labute approximate surface area is 188 Å². The smallest absolute Gasteiger partial charge is 0.216 e. The zero-order valence-corrected chi connectivity index (χ0v) is 18.9. The molecule has 0 amide bonds. The van der Waals surface area contributed by atoms with E-state index in [0.29, 0.717) is 11.3 Å². The van der Waals surface area contributed by atoms with Crippen molar-refractivity contribution in [3.8, 4) is 17.5 Å². The SMILES string of the molecule is COc1ccc2c(c1)c(/C=C(\C#N)S(=O)(=O)c1ccccc1)cn2-c1ccc(Br)cc1. The van der Waals surface area contributed by atoms with Gasteiger partial charge >= 0.3 is 0 Å². The average molecular weight is 493 g/mol. The molecule has 0 aliphatic rings. The van der Waals surface area contributed by atoms with Crippen molar-refractivity contribution in [2.45, 2.75) is 4.90 Å². The quantitative estimate of drug-likeness (QED) is 0.333. The van der Waals surface area contributed by atoms with Crippen molar-refractivity contribution in [2.24, 2.45) is 0 Å². The van der Waals surface area contributed by atoms with Gasteiger partial charge in [0.05, 0.1) is 17.5 Å². The highest BCUT2D eigenvalue weighted by Gasteiger charge is 2.21. The van der Waals surface area contributed by atoms with E-state index in [4.69, 9.17) is 4.74 Å². The number of nitrogens with zero attached hydrogens (tertiary/aromatic N) is 2. The first-order valence-electron chi connectivity index (χ1n) is 9.31. The first-order chi connectivity index (χ1) is 14.9. The zero-order chi connectivity index (χ0) is 22.0. The average Bonchev–Trinajstić information content (AvgIpc) is 3.16. The normalized spacial score (nSPS) is 12.0. The highest BCUT2D eigenvalue weighted by Crippen LogP contribution is 2.31. The summed E-state index contributed by atoms with van der Waals surface area (Å²) in [5.41, 5.74) is 2.37. The van der Waals surface area contributed by atoms with Crippen molar-refractivity contribution in [3.05, 3.63) is 93.9 Å². The minimum absolute atomic E-state index is 0.0806. The minimum Gasteiger partial charge on any atom is -0.497 e. The Kier molecular flexibility index (Phi) is 5.68. The zero-order valence-electron chi connectivity index (χ0n) is 16.5. The van der Waals surface area contributed by atoms with Gasteiger partial charge in [-0.05, 0) is 60.7 Å². The Morgan fingerprint density at radius 2 is 1.77 bits per heavy atom. The lowest BCUT2D eigenvalue weighted by Crippen LogP contribution is -2.03. The standard InChI is InChI=1S/C24H17BrN2O3S/c1-30-20-11-12-24-23(14-20)17(16-27(24)19-9-7-18(25)8-10-19)13-22(15-26)31(28,29)21-5-3-2-4-6-21/h2-14,16H,1H3/b22-13+. The summed E-state index contributed by atoms with van der Waals surface area (Å²) in [6, 6.07) is 23.2. The molecule has 3 aromatic carbocycles. The summed E-state index contributed by atoms with van der Waals surface area (Å²) in [7, 11) is -2.37. The van der Waals surface area contributed by atoms with Gasteiger partial charge in [0.2, 0.25) is 9.84 Å². The predicted octanol–water partition coefficient (Wildman–Crippen LogP) is 5.74. The van der Waals surface area contributed by atoms with Crippen LogP contribution < -0.4 is 4.74 Å². The van der Waals surface area contributed by atoms with Crippen molar-refractivity contribution in [1.29, 1.82) is 5.26 Å². The van der Waals surface area contributed by atoms with E-state index >= 15 is 0 Å². The van der Waals surface area contributed by atoms with Crippen molar-refractivity contribution < 1.29 is 13.2 Å². The van der Waals surface area contributed by atoms with E-state index in [1.165, 1.54) is 18.2 Å². The van der Waals surface area contributed by atoms with Crippen LogP contribution in [0.1, 0.15) is 5.56 Å². The number of sulfone groups is 1. The molecule has 5 nitrogen and oxygen atoms in total. The Balaban J connectivity index is 1.94. The van der Waals surface area contributed by atoms with Crippen LogP contribution in [-0.2, 0) is 9.84 Å². The van der Waals surface area contributed by atoms with E-state index in [1.54, 1.807) is 25.3 Å². The Morgan fingerprint density at radius 3 is 2.42 bits per heavy atom. The maximum absolute atomic E-state index is 13.0. The van der Waals surface area contributed by atoms with E-state index < -0.39 is 9.84 Å². The van der Waals surface area contributed by atoms with Crippen molar-refractivity contribution >= 4 is 42.7 Å². The van der Waals surface area contributed by atoms with Gasteiger partial charge in [-0.15, -0.1) is 0 Å². The van der Waals surface area contributed by atoms with Gasteiger partial charge in [0, 0.05) is 27.3 Å². The van der Waals surface area contributed by atoms with Gasteiger partial charge in [0.1, 0.15) is 16.7 Å². The summed E-state index contributed by atoms with van der Waals surface area (Å²) in [6.07, 6.45) is 3.24. The fourth-order valence-corrected chi connectivity index (χ4v) is 4.77. The van der Waals surface area contributed by atoms with Crippen LogP contribution in [0.4, 0.5) is 0 Å². The van der Waals surface area contributed by atoms with Gasteiger partial charge in [0.25, 0.3) is 0 Å². The lowest BCUT2D eigenvalue weighted by atomic mass is 10.1. The van der Waals surface area contributed by atoms with Crippen LogP contribution in [0.5, 0.6) is 5.75 Å². The molecule has 0 bridgehead atoms. The van der Waals surface area contributed by atoms with E-state index in [9.17, 15) is 13.7 Å². The fraction of sp³-hybridized carbons (Fsp3) is 0.0417. The van der Waals surface area contributed by atoms with Gasteiger partial charge in [-0.3, -0.25) is 0 Å². The molecule has 0 N–H and O–H groups in total. The topological polar surface area (TPSA) is 72.1 Å². The monoisotopic (exact) mass is 492 g/mol. The lowest BCUT2D eigenvalue weighted by molar-refractivity contribution is 0.415. The first kappa shape index (κ1) is 20.9. The molecule has 0 atom stereocenters. The third-order valence-corrected chi connectivity index (χ3v) is 7.10. The molecule has 7 heteroatoms. The second kappa shape index (κ2) is 8.42. The third-order valence-electron chi connectivity index (χ3n) is 4.89.